The number of carbonyl (C=O) groups excluding carboxylic acids is 3. The van der Waals surface area contributed by atoms with E-state index in [0.29, 0.717) is 23.9 Å². The zero-order valence-corrected chi connectivity index (χ0v) is 42.2. The van der Waals surface area contributed by atoms with Crippen molar-refractivity contribution in [1.82, 2.24) is 0 Å². The van der Waals surface area contributed by atoms with E-state index in [1.54, 1.807) is 0 Å². The first-order chi connectivity index (χ1) is 32.6. The maximum absolute atomic E-state index is 12.8. The van der Waals surface area contributed by atoms with Gasteiger partial charge in [0, 0.05) is 12.8 Å². The van der Waals surface area contributed by atoms with Crippen LogP contribution in [0.4, 0.5) is 0 Å². The molecule has 0 aliphatic rings. The third kappa shape index (κ3) is 48.9. The fraction of sp³-hybridized carbons (Fsp3) is 0.534. The molecular formula is C58H89NO8. The summed E-state index contributed by atoms with van der Waals surface area (Å²) in [4.78, 5) is 37.1. The molecule has 0 heterocycles. The standard InChI is InChI=1S/C58H89NO8/c1-6-8-10-12-14-16-18-20-22-24-26-27-28-29-31-33-35-37-39-41-43-45-47-49-56(61)67-54(53-66-58(57(62)63)64-51-50-59(3,4)5)52-65-55(60)48-46-44-42-40-38-36-34-32-30-25-23-21-19-17-15-13-11-9-7-2/h8-11,14-17,20-23,26-27,29-32,35-38,42,44,54,58H,6-7,12-13,18-19,24-25,28,33-34,39-41,43,45-53H2,1-5H3/b10-8-,11-9-,16-14-,17-15-,22-20-,23-21-,27-26-,31-29-,32-30-,37-35-,38-36-,44-42-. The maximum atomic E-state index is 12.8. The van der Waals surface area contributed by atoms with E-state index in [-0.39, 0.29) is 32.7 Å². The molecule has 67 heavy (non-hydrogen) atoms. The molecule has 0 saturated heterocycles. The molecule has 0 aliphatic heterocycles. The highest BCUT2D eigenvalue weighted by molar-refractivity contribution is 5.70. The van der Waals surface area contributed by atoms with Crippen molar-refractivity contribution in [2.24, 2.45) is 0 Å². The summed E-state index contributed by atoms with van der Waals surface area (Å²) in [5, 5.41) is 11.7. The summed E-state index contributed by atoms with van der Waals surface area (Å²) in [6, 6.07) is 0. The Kier molecular flexibility index (Phi) is 44.2. The smallest absolute Gasteiger partial charge is 0.306 e. The number of likely N-dealkylation sites (N-methyl/N-ethyl adjacent to an activating group) is 1. The van der Waals surface area contributed by atoms with Gasteiger partial charge in [0.2, 0.25) is 0 Å². The number of nitrogens with zero attached hydrogens (tertiary/aromatic N) is 1. The Labute approximate surface area is 407 Å². The second-order valence-corrected chi connectivity index (χ2v) is 17.0. The second kappa shape index (κ2) is 47.7. The van der Waals surface area contributed by atoms with Crippen LogP contribution in [0.15, 0.2) is 146 Å². The van der Waals surface area contributed by atoms with Crippen molar-refractivity contribution in [3.05, 3.63) is 146 Å². The van der Waals surface area contributed by atoms with Crippen LogP contribution in [0.1, 0.15) is 142 Å². The Morgan fingerprint density at radius 2 is 0.836 bits per heavy atom. The number of allylic oxidation sites excluding steroid dienone is 24. The van der Waals surface area contributed by atoms with Crippen molar-refractivity contribution in [2.45, 2.75) is 155 Å². The number of carboxylic acid groups (broad SMARTS) is 1. The number of ether oxygens (including phenoxy) is 4. The Balaban J connectivity index is 4.57. The summed E-state index contributed by atoms with van der Waals surface area (Å²) in [6.07, 6.45) is 66.1. The SMILES string of the molecule is CC/C=C\C/C=C\C/C=C\C/C=C\C/C=C\C/C=C\CCCCCCC(=O)OC(COC(=O)CC/C=C\C/C=C\C/C=C\C/C=C\C/C=C\C/C=C\CC)COC(OCC[N+](C)(C)C)C(=O)[O-]. The van der Waals surface area contributed by atoms with E-state index in [1.165, 1.54) is 0 Å². The monoisotopic (exact) mass is 928 g/mol. The number of rotatable bonds is 43. The lowest BCUT2D eigenvalue weighted by molar-refractivity contribution is -0.870. The molecule has 0 aromatic carbocycles. The minimum Gasteiger partial charge on any atom is -0.545 e. The molecular weight excluding hydrogens is 839 g/mol. The predicted octanol–water partition coefficient (Wildman–Crippen LogP) is 12.8. The number of hydrogen-bond acceptors (Lipinski definition) is 8. The van der Waals surface area contributed by atoms with Gasteiger partial charge >= 0.3 is 11.9 Å². The van der Waals surface area contributed by atoms with Crippen molar-refractivity contribution < 1.29 is 42.9 Å². The highest BCUT2D eigenvalue weighted by Gasteiger charge is 2.21. The highest BCUT2D eigenvalue weighted by atomic mass is 16.7. The van der Waals surface area contributed by atoms with E-state index in [9.17, 15) is 19.5 Å². The van der Waals surface area contributed by atoms with Gasteiger partial charge in [0.1, 0.15) is 13.2 Å². The van der Waals surface area contributed by atoms with Gasteiger partial charge in [-0.05, 0) is 103 Å². The number of hydrogen-bond donors (Lipinski definition) is 0. The van der Waals surface area contributed by atoms with Gasteiger partial charge in [-0.25, -0.2) is 0 Å². The van der Waals surface area contributed by atoms with Crippen LogP contribution in [0.25, 0.3) is 0 Å². The molecule has 0 rings (SSSR count). The first-order valence-electron chi connectivity index (χ1n) is 25.0. The molecule has 9 nitrogen and oxygen atoms in total. The third-order valence-electron chi connectivity index (χ3n) is 9.60. The summed E-state index contributed by atoms with van der Waals surface area (Å²) < 4.78 is 22.5. The molecule has 2 unspecified atom stereocenters. The first kappa shape index (κ1) is 62.2. The van der Waals surface area contributed by atoms with E-state index in [0.717, 1.165) is 103 Å². The van der Waals surface area contributed by atoms with Crippen molar-refractivity contribution in [1.29, 1.82) is 0 Å². The van der Waals surface area contributed by atoms with Crippen molar-refractivity contribution >= 4 is 17.9 Å². The Hall–Kier alpha value is -4.83. The van der Waals surface area contributed by atoms with E-state index < -0.39 is 30.3 Å². The zero-order valence-electron chi connectivity index (χ0n) is 42.2. The average Bonchev–Trinajstić information content (AvgIpc) is 3.29. The quantitative estimate of drug-likeness (QED) is 0.0195. The van der Waals surface area contributed by atoms with Crippen LogP contribution in [-0.4, -0.2) is 82.3 Å². The molecule has 9 heteroatoms. The molecule has 0 saturated carbocycles. The second-order valence-electron chi connectivity index (χ2n) is 17.0. The fourth-order valence-electron chi connectivity index (χ4n) is 5.80. The van der Waals surface area contributed by atoms with Crippen LogP contribution in [-0.2, 0) is 33.3 Å². The third-order valence-corrected chi connectivity index (χ3v) is 9.60. The molecule has 0 aromatic heterocycles. The van der Waals surface area contributed by atoms with Gasteiger partial charge in [0.05, 0.1) is 40.3 Å². The molecule has 0 spiro atoms. The van der Waals surface area contributed by atoms with Gasteiger partial charge in [0.15, 0.2) is 12.4 Å². The Morgan fingerprint density at radius 1 is 0.448 bits per heavy atom. The van der Waals surface area contributed by atoms with Gasteiger partial charge in [-0.3, -0.25) is 9.59 Å². The van der Waals surface area contributed by atoms with Crippen molar-refractivity contribution in [3.8, 4) is 0 Å². The van der Waals surface area contributed by atoms with E-state index in [1.807, 2.05) is 33.3 Å². The number of unbranched alkanes of at least 4 members (excludes halogenated alkanes) is 4. The van der Waals surface area contributed by atoms with Gasteiger partial charge in [0.25, 0.3) is 0 Å². The largest absolute Gasteiger partial charge is 0.545 e. The van der Waals surface area contributed by atoms with Gasteiger partial charge in [-0.15, -0.1) is 0 Å². The zero-order chi connectivity index (χ0) is 49.2. The lowest BCUT2D eigenvalue weighted by atomic mass is 10.1. The minimum absolute atomic E-state index is 0.121. The summed E-state index contributed by atoms with van der Waals surface area (Å²) in [5.41, 5.74) is 0. The van der Waals surface area contributed by atoms with Crippen molar-refractivity contribution in [2.75, 3.05) is 47.5 Å². The highest BCUT2D eigenvalue weighted by Crippen LogP contribution is 2.10. The Morgan fingerprint density at radius 3 is 1.24 bits per heavy atom. The van der Waals surface area contributed by atoms with Gasteiger partial charge in [-0.1, -0.05) is 173 Å². The fourth-order valence-corrected chi connectivity index (χ4v) is 5.80. The van der Waals surface area contributed by atoms with E-state index in [2.05, 4.69) is 148 Å². The van der Waals surface area contributed by atoms with Crippen LogP contribution in [0, 0.1) is 0 Å². The summed E-state index contributed by atoms with van der Waals surface area (Å²) in [6.45, 7) is 4.35. The summed E-state index contributed by atoms with van der Waals surface area (Å²) in [5.74, 6) is -2.46. The van der Waals surface area contributed by atoms with Gasteiger partial charge < -0.3 is 33.3 Å². The summed E-state index contributed by atoms with van der Waals surface area (Å²) in [7, 11) is 5.87. The van der Waals surface area contributed by atoms with Crippen molar-refractivity contribution in [3.63, 3.8) is 0 Å². The number of esters is 2. The topological polar surface area (TPSA) is 111 Å². The lowest BCUT2D eigenvalue weighted by Gasteiger charge is -2.26. The summed E-state index contributed by atoms with van der Waals surface area (Å²) >= 11 is 0. The number of carbonyl (C=O) groups is 3. The molecule has 0 bridgehead atoms. The van der Waals surface area contributed by atoms with Crippen LogP contribution in [0.3, 0.4) is 0 Å². The Bertz CT molecular complexity index is 1600. The van der Waals surface area contributed by atoms with Crippen LogP contribution >= 0.6 is 0 Å². The molecule has 0 amide bonds. The normalized spacial score (nSPS) is 14.1. The molecule has 0 aliphatic carbocycles. The lowest BCUT2D eigenvalue weighted by Crippen LogP contribution is -2.44. The molecule has 0 fully saturated rings. The van der Waals surface area contributed by atoms with Crippen LogP contribution in [0.5, 0.6) is 0 Å². The minimum atomic E-state index is -1.65. The number of quaternary nitrogens is 1. The molecule has 2 atom stereocenters. The predicted molar refractivity (Wildman–Crippen MR) is 278 cm³/mol. The van der Waals surface area contributed by atoms with Crippen LogP contribution < -0.4 is 5.11 Å². The molecule has 374 valence electrons. The van der Waals surface area contributed by atoms with Gasteiger partial charge in [-0.2, -0.15) is 0 Å². The van der Waals surface area contributed by atoms with E-state index in [4.69, 9.17) is 18.9 Å². The maximum Gasteiger partial charge on any atom is 0.306 e. The average molecular weight is 928 g/mol. The number of aliphatic carboxylic acids is 1. The van der Waals surface area contributed by atoms with E-state index >= 15 is 0 Å². The number of carboxylic acids is 1. The molecule has 0 N–H and O–H groups in total. The molecule has 0 aromatic rings. The first-order valence-corrected chi connectivity index (χ1v) is 25.0. The van der Waals surface area contributed by atoms with Crippen LogP contribution in [0.2, 0.25) is 0 Å². The molecule has 0 radical (unpaired) electrons.